The first-order chi connectivity index (χ1) is 17.2. The van der Waals surface area contributed by atoms with E-state index >= 15 is 0 Å². The van der Waals surface area contributed by atoms with E-state index in [1.54, 1.807) is 39.0 Å². The Morgan fingerprint density at radius 2 is 1.59 bits per heavy atom. The van der Waals surface area contributed by atoms with Crippen LogP contribution in [0.2, 0.25) is 10.0 Å². The highest BCUT2D eigenvalue weighted by Gasteiger charge is 2.30. The van der Waals surface area contributed by atoms with Crippen molar-refractivity contribution in [3.8, 4) is 11.1 Å². The highest BCUT2D eigenvalue weighted by atomic mass is 35.5. The van der Waals surface area contributed by atoms with E-state index in [4.69, 9.17) is 32.5 Å². The van der Waals surface area contributed by atoms with E-state index in [1.807, 2.05) is 32.0 Å². The highest BCUT2D eigenvalue weighted by molar-refractivity contribution is 7.92. The lowest BCUT2D eigenvalue weighted by Gasteiger charge is -2.26. The van der Waals surface area contributed by atoms with Gasteiger partial charge in [0, 0.05) is 15.6 Å². The van der Waals surface area contributed by atoms with Crippen LogP contribution in [-0.4, -0.2) is 31.7 Å². The molecule has 0 saturated heterocycles. The number of benzene rings is 3. The molecule has 0 aliphatic rings. The van der Waals surface area contributed by atoms with E-state index in [9.17, 15) is 13.2 Å². The van der Waals surface area contributed by atoms with Crippen LogP contribution in [0.1, 0.15) is 32.2 Å². The Morgan fingerprint density at radius 3 is 2.19 bits per heavy atom. The Bertz CT molecular complexity index is 1570. The van der Waals surface area contributed by atoms with Gasteiger partial charge in [0.15, 0.2) is 0 Å². The molecule has 37 heavy (non-hydrogen) atoms. The van der Waals surface area contributed by atoms with Crippen molar-refractivity contribution in [3.63, 3.8) is 0 Å². The van der Waals surface area contributed by atoms with E-state index in [0.717, 1.165) is 31.9 Å². The van der Waals surface area contributed by atoms with Crippen LogP contribution in [0.3, 0.4) is 0 Å². The molecule has 194 valence electrons. The summed E-state index contributed by atoms with van der Waals surface area (Å²) in [5.74, 6) is 0.0151. The molecule has 0 saturated carbocycles. The summed E-state index contributed by atoms with van der Waals surface area (Å²) in [7, 11) is -4.23. The summed E-state index contributed by atoms with van der Waals surface area (Å²) in [5.41, 5.74) is 2.13. The van der Waals surface area contributed by atoms with Gasteiger partial charge in [-0.2, -0.15) is 0 Å². The number of sulfonamides is 1. The van der Waals surface area contributed by atoms with Crippen LogP contribution in [0.25, 0.3) is 21.9 Å². The number of hydrogen-bond donors (Lipinski definition) is 0. The third kappa shape index (κ3) is 5.92. The first-order valence-corrected chi connectivity index (χ1v) is 13.6. The number of carbonyl (C=O) groups excluding carboxylic acids is 1. The number of halogens is 2. The Morgan fingerprint density at radius 1 is 0.973 bits per heavy atom. The second kappa shape index (κ2) is 10.0. The average molecular weight is 561 g/mol. The molecule has 0 radical (unpaired) electrons. The smallest absolute Gasteiger partial charge is 0.327 e. The molecule has 0 fully saturated rings. The molecular formula is C27H26Cl2N2O5S. The van der Waals surface area contributed by atoms with E-state index in [2.05, 4.69) is 5.16 Å². The lowest BCUT2D eigenvalue weighted by molar-refractivity contribution is -0.152. The highest BCUT2D eigenvalue weighted by Crippen LogP contribution is 2.33. The zero-order valence-electron chi connectivity index (χ0n) is 21.0. The minimum Gasteiger partial charge on any atom is -0.459 e. The molecule has 0 unspecified atom stereocenters. The number of hydrogen-bond acceptors (Lipinski definition) is 6. The molecule has 4 rings (SSSR count). The fraction of sp³-hybridized carbons (Fsp3) is 0.259. The second-order valence-corrected chi connectivity index (χ2v) is 12.4. The van der Waals surface area contributed by atoms with Crippen molar-refractivity contribution in [2.45, 2.75) is 45.1 Å². The summed E-state index contributed by atoms with van der Waals surface area (Å²) in [6.07, 6.45) is 0. The molecule has 0 bridgehead atoms. The summed E-state index contributed by atoms with van der Waals surface area (Å²) in [5, 5.41) is 6.00. The van der Waals surface area contributed by atoms with Gasteiger partial charge in [0.25, 0.3) is 10.0 Å². The van der Waals surface area contributed by atoms with Crippen LogP contribution in [0.15, 0.2) is 64.0 Å². The quantitative estimate of drug-likeness (QED) is 0.237. The number of nitrogens with zero attached hydrogens (tertiary/aromatic N) is 2. The fourth-order valence-electron chi connectivity index (χ4n) is 4.05. The van der Waals surface area contributed by atoms with Gasteiger partial charge >= 0.3 is 5.97 Å². The number of rotatable bonds is 6. The van der Waals surface area contributed by atoms with Gasteiger partial charge in [0.1, 0.15) is 17.9 Å². The second-order valence-electron chi connectivity index (χ2n) is 9.65. The van der Waals surface area contributed by atoms with Crippen molar-refractivity contribution in [3.05, 3.63) is 76.1 Å². The number of anilines is 1. The zero-order chi connectivity index (χ0) is 27.1. The van der Waals surface area contributed by atoms with Crippen LogP contribution in [0.4, 0.5) is 5.69 Å². The summed E-state index contributed by atoms with van der Waals surface area (Å²) >= 11 is 12.2. The summed E-state index contributed by atoms with van der Waals surface area (Å²) in [4.78, 5) is 12.6. The summed E-state index contributed by atoms with van der Waals surface area (Å²) in [6.45, 7) is 8.34. The predicted octanol–water partition coefficient (Wildman–Crippen LogP) is 6.96. The zero-order valence-corrected chi connectivity index (χ0v) is 23.3. The number of aryl methyl sites for hydroxylation is 2. The standard InChI is InChI=1S/C27H26Cl2N2O5S/c1-16-26(17(2)36-30-16)20-7-6-19-11-23(9-8-18(19)10-20)31(15-25(32)35-27(3,4)5)37(33,34)24-13-21(28)12-22(29)14-24/h6-14H,15H2,1-5H3. The number of esters is 1. The Kier molecular flexibility index (Phi) is 7.29. The molecule has 0 N–H and O–H groups in total. The first-order valence-electron chi connectivity index (χ1n) is 11.4. The Balaban J connectivity index is 1.80. The van der Waals surface area contributed by atoms with Crippen molar-refractivity contribution in [2.24, 2.45) is 0 Å². The monoisotopic (exact) mass is 560 g/mol. The number of ether oxygens (including phenoxy) is 1. The average Bonchev–Trinajstić information content (AvgIpc) is 3.12. The minimum atomic E-state index is -4.23. The van der Waals surface area contributed by atoms with Crippen molar-refractivity contribution in [1.29, 1.82) is 0 Å². The van der Waals surface area contributed by atoms with Crippen molar-refractivity contribution in [2.75, 3.05) is 10.8 Å². The van der Waals surface area contributed by atoms with Gasteiger partial charge in [0.2, 0.25) is 0 Å². The van der Waals surface area contributed by atoms with Crippen LogP contribution >= 0.6 is 23.2 Å². The third-order valence-corrected chi connectivity index (χ3v) is 7.74. The van der Waals surface area contributed by atoms with Crippen LogP contribution in [-0.2, 0) is 19.6 Å². The molecule has 0 aliphatic carbocycles. The maximum atomic E-state index is 13.7. The summed E-state index contributed by atoms with van der Waals surface area (Å²) < 4.78 is 39.2. The van der Waals surface area contributed by atoms with Crippen molar-refractivity contribution < 1.29 is 22.5 Å². The van der Waals surface area contributed by atoms with Gasteiger partial charge in [0.05, 0.1) is 16.3 Å². The SMILES string of the molecule is Cc1noc(C)c1-c1ccc2cc(N(CC(=O)OC(C)(C)C)S(=O)(=O)c3cc(Cl)cc(Cl)c3)ccc2c1. The largest absolute Gasteiger partial charge is 0.459 e. The molecule has 1 aromatic heterocycles. The van der Waals surface area contributed by atoms with Gasteiger partial charge in [-0.25, -0.2) is 8.42 Å². The number of carbonyl (C=O) groups is 1. The molecule has 0 atom stereocenters. The van der Waals surface area contributed by atoms with Gasteiger partial charge in [-0.1, -0.05) is 46.6 Å². The van der Waals surface area contributed by atoms with Gasteiger partial charge in [-0.15, -0.1) is 0 Å². The molecule has 3 aromatic carbocycles. The van der Waals surface area contributed by atoms with E-state index in [1.165, 1.54) is 18.2 Å². The molecule has 0 aliphatic heterocycles. The van der Waals surface area contributed by atoms with E-state index < -0.39 is 28.1 Å². The molecule has 0 amide bonds. The molecular weight excluding hydrogens is 535 g/mol. The normalized spacial score (nSPS) is 12.1. The lowest BCUT2D eigenvalue weighted by Crippen LogP contribution is -2.39. The molecule has 10 heteroatoms. The topological polar surface area (TPSA) is 89.7 Å². The molecule has 7 nitrogen and oxygen atoms in total. The predicted molar refractivity (Wildman–Crippen MR) is 146 cm³/mol. The number of aromatic nitrogens is 1. The maximum absolute atomic E-state index is 13.7. The molecule has 1 heterocycles. The minimum absolute atomic E-state index is 0.137. The summed E-state index contributed by atoms with van der Waals surface area (Å²) in [6, 6.07) is 15.0. The fourth-order valence-corrected chi connectivity index (χ4v) is 6.18. The van der Waals surface area contributed by atoms with Crippen molar-refractivity contribution in [1.82, 2.24) is 5.16 Å². The Labute approximate surface area is 226 Å². The first kappa shape index (κ1) is 27.0. The lowest BCUT2D eigenvalue weighted by atomic mass is 10.00. The van der Waals surface area contributed by atoms with E-state index in [-0.39, 0.29) is 14.9 Å². The van der Waals surface area contributed by atoms with Gasteiger partial charge < -0.3 is 9.26 Å². The van der Waals surface area contributed by atoms with Gasteiger partial charge in [-0.3, -0.25) is 9.10 Å². The van der Waals surface area contributed by atoms with E-state index in [0.29, 0.717) is 11.4 Å². The molecule has 4 aromatic rings. The number of fused-ring (bicyclic) bond motifs is 1. The van der Waals surface area contributed by atoms with Crippen LogP contribution < -0.4 is 4.31 Å². The maximum Gasteiger partial charge on any atom is 0.327 e. The Hall–Kier alpha value is -3.07. The molecule has 0 spiro atoms. The van der Waals surface area contributed by atoms with Gasteiger partial charge in [-0.05, 0) is 87.4 Å². The third-order valence-electron chi connectivity index (χ3n) is 5.55. The van der Waals surface area contributed by atoms with Crippen molar-refractivity contribution >= 4 is 55.7 Å². The van der Waals surface area contributed by atoms with Crippen LogP contribution in [0, 0.1) is 13.8 Å². The van der Waals surface area contributed by atoms with Crippen LogP contribution in [0.5, 0.6) is 0 Å².